The molecule has 6 nitrogen and oxygen atoms in total. The Morgan fingerprint density at radius 3 is 3.04 bits per heavy atom. The fourth-order valence-corrected chi connectivity index (χ4v) is 4.04. The van der Waals surface area contributed by atoms with Gasteiger partial charge < -0.3 is 9.64 Å². The minimum atomic E-state index is 0.0688. The van der Waals surface area contributed by atoms with E-state index in [0.717, 1.165) is 41.9 Å². The highest BCUT2D eigenvalue weighted by Gasteiger charge is 2.22. The molecule has 1 amide bonds. The number of hydrogen-bond donors (Lipinski definition) is 0. The molecule has 8 heteroatoms. The Bertz CT molecular complexity index is 648. The van der Waals surface area contributed by atoms with Crippen LogP contribution in [0.15, 0.2) is 22.7 Å². The molecular formula is C15H20N4O2S2. The van der Waals surface area contributed by atoms with E-state index >= 15 is 0 Å². The molecule has 0 aromatic carbocycles. The van der Waals surface area contributed by atoms with Crippen LogP contribution in [-0.2, 0) is 16.1 Å². The van der Waals surface area contributed by atoms with Crippen LogP contribution in [-0.4, -0.2) is 58.1 Å². The number of thiophene rings is 1. The number of nitrogens with zero attached hydrogens (tertiary/aromatic N) is 4. The molecule has 1 atom stereocenters. The van der Waals surface area contributed by atoms with E-state index in [1.807, 2.05) is 17.5 Å². The van der Waals surface area contributed by atoms with Gasteiger partial charge in [0.25, 0.3) is 0 Å². The number of carbonyl (C=O) groups is 1. The van der Waals surface area contributed by atoms with Gasteiger partial charge in [-0.1, -0.05) is 17.8 Å². The summed E-state index contributed by atoms with van der Waals surface area (Å²) in [7, 11) is 3.52. The molecular weight excluding hydrogens is 332 g/mol. The van der Waals surface area contributed by atoms with Crippen LogP contribution in [0.4, 0.5) is 0 Å². The van der Waals surface area contributed by atoms with Crippen molar-refractivity contribution in [2.24, 2.45) is 0 Å². The van der Waals surface area contributed by atoms with Gasteiger partial charge in [-0.25, -0.2) is 0 Å². The first-order valence-corrected chi connectivity index (χ1v) is 9.43. The van der Waals surface area contributed by atoms with Crippen molar-refractivity contribution in [1.82, 2.24) is 19.7 Å². The smallest absolute Gasteiger partial charge is 0.232 e. The Morgan fingerprint density at radius 2 is 2.39 bits per heavy atom. The van der Waals surface area contributed by atoms with E-state index in [1.165, 1.54) is 11.8 Å². The average molecular weight is 352 g/mol. The third kappa shape index (κ3) is 3.94. The van der Waals surface area contributed by atoms with Gasteiger partial charge in [0.15, 0.2) is 11.0 Å². The summed E-state index contributed by atoms with van der Waals surface area (Å²) in [4.78, 5) is 14.5. The summed E-state index contributed by atoms with van der Waals surface area (Å²) < 4.78 is 7.85. The topological polar surface area (TPSA) is 60.2 Å². The van der Waals surface area contributed by atoms with E-state index in [-0.39, 0.29) is 12.0 Å². The lowest BCUT2D eigenvalue weighted by atomic mass is 10.2. The van der Waals surface area contributed by atoms with Gasteiger partial charge >= 0.3 is 0 Å². The Morgan fingerprint density at radius 1 is 1.52 bits per heavy atom. The predicted octanol–water partition coefficient (Wildman–Crippen LogP) is 2.37. The molecule has 23 heavy (non-hydrogen) atoms. The van der Waals surface area contributed by atoms with Crippen LogP contribution in [0.2, 0.25) is 0 Å². The van der Waals surface area contributed by atoms with Crippen LogP contribution >= 0.6 is 23.1 Å². The third-order valence-corrected chi connectivity index (χ3v) is 5.51. The summed E-state index contributed by atoms with van der Waals surface area (Å²) in [6.45, 7) is 1.56. The molecule has 1 saturated heterocycles. The lowest BCUT2D eigenvalue weighted by Gasteiger charge is -2.14. The average Bonchev–Trinajstić information content (AvgIpc) is 3.27. The second-order valence-corrected chi connectivity index (χ2v) is 7.50. The molecule has 0 saturated carbocycles. The largest absolute Gasteiger partial charge is 0.376 e. The highest BCUT2D eigenvalue weighted by atomic mass is 32.2. The zero-order chi connectivity index (χ0) is 16.2. The number of thioether (sulfide) groups is 1. The first-order valence-electron chi connectivity index (χ1n) is 7.57. The van der Waals surface area contributed by atoms with E-state index in [9.17, 15) is 4.79 Å². The minimum Gasteiger partial charge on any atom is -0.376 e. The molecule has 124 valence electrons. The first-order chi connectivity index (χ1) is 11.1. The van der Waals surface area contributed by atoms with Gasteiger partial charge in [0.2, 0.25) is 5.91 Å². The Hall–Kier alpha value is -1.38. The predicted molar refractivity (Wildman–Crippen MR) is 91.7 cm³/mol. The van der Waals surface area contributed by atoms with Crippen LogP contribution in [0.3, 0.4) is 0 Å². The lowest BCUT2D eigenvalue weighted by molar-refractivity contribution is -0.125. The van der Waals surface area contributed by atoms with E-state index in [0.29, 0.717) is 5.75 Å². The molecule has 1 aliphatic heterocycles. The first kappa shape index (κ1) is 16.5. The maximum Gasteiger partial charge on any atom is 0.232 e. The SMILES string of the molecule is CN(C)C(=O)CSc1nnc(-c2cccs2)n1CC1CCCO1. The molecule has 3 rings (SSSR count). The number of carbonyl (C=O) groups excluding carboxylic acids is 1. The molecule has 0 spiro atoms. The highest BCUT2D eigenvalue weighted by molar-refractivity contribution is 7.99. The summed E-state index contributed by atoms with van der Waals surface area (Å²) in [5, 5.41) is 11.5. The molecule has 1 fully saturated rings. The summed E-state index contributed by atoms with van der Waals surface area (Å²) >= 11 is 3.07. The van der Waals surface area contributed by atoms with Crippen LogP contribution in [0.25, 0.3) is 10.7 Å². The van der Waals surface area contributed by atoms with Gasteiger partial charge in [0.1, 0.15) is 0 Å². The van der Waals surface area contributed by atoms with Gasteiger partial charge in [-0.05, 0) is 24.3 Å². The molecule has 0 bridgehead atoms. The Labute approximate surface area is 143 Å². The zero-order valence-corrected chi connectivity index (χ0v) is 14.9. The quantitative estimate of drug-likeness (QED) is 0.747. The lowest BCUT2D eigenvalue weighted by Crippen LogP contribution is -2.24. The maximum absolute atomic E-state index is 11.8. The fraction of sp³-hybridized carbons (Fsp3) is 0.533. The summed E-state index contributed by atoms with van der Waals surface area (Å²) in [6, 6.07) is 4.05. The van der Waals surface area contributed by atoms with Crippen molar-refractivity contribution in [3.63, 3.8) is 0 Å². The van der Waals surface area contributed by atoms with Crippen molar-refractivity contribution >= 4 is 29.0 Å². The molecule has 2 aromatic heterocycles. The summed E-state index contributed by atoms with van der Waals surface area (Å²) in [5.41, 5.74) is 0. The van der Waals surface area contributed by atoms with Crippen LogP contribution < -0.4 is 0 Å². The molecule has 0 radical (unpaired) electrons. The highest BCUT2D eigenvalue weighted by Crippen LogP contribution is 2.29. The second-order valence-electron chi connectivity index (χ2n) is 5.61. The molecule has 1 unspecified atom stereocenters. The number of aromatic nitrogens is 3. The Balaban J connectivity index is 1.81. The van der Waals surface area contributed by atoms with Crippen molar-refractivity contribution in [1.29, 1.82) is 0 Å². The summed E-state index contributed by atoms with van der Waals surface area (Å²) in [6.07, 6.45) is 2.36. The maximum atomic E-state index is 11.8. The van der Waals surface area contributed by atoms with Crippen LogP contribution in [0.1, 0.15) is 12.8 Å². The second kappa shape index (κ2) is 7.46. The number of amides is 1. The molecule has 1 aliphatic rings. The van der Waals surface area contributed by atoms with Gasteiger partial charge in [-0.2, -0.15) is 0 Å². The molecule has 3 heterocycles. The van der Waals surface area contributed by atoms with E-state index in [4.69, 9.17) is 4.74 Å². The third-order valence-electron chi connectivity index (χ3n) is 3.69. The minimum absolute atomic E-state index is 0.0688. The van der Waals surface area contributed by atoms with Crippen molar-refractivity contribution < 1.29 is 9.53 Å². The van der Waals surface area contributed by atoms with E-state index < -0.39 is 0 Å². The summed E-state index contributed by atoms with van der Waals surface area (Å²) in [5.74, 6) is 1.29. The van der Waals surface area contributed by atoms with E-state index in [2.05, 4.69) is 14.8 Å². The van der Waals surface area contributed by atoms with Crippen molar-refractivity contribution in [3.8, 4) is 10.7 Å². The van der Waals surface area contributed by atoms with Crippen molar-refractivity contribution in [2.75, 3.05) is 26.5 Å². The molecule has 2 aromatic rings. The van der Waals surface area contributed by atoms with E-state index in [1.54, 1.807) is 30.3 Å². The number of hydrogen-bond acceptors (Lipinski definition) is 6. The Kier molecular flexibility index (Phi) is 5.34. The van der Waals surface area contributed by atoms with Gasteiger partial charge in [-0.3, -0.25) is 9.36 Å². The number of rotatable bonds is 6. The van der Waals surface area contributed by atoms with Crippen LogP contribution in [0, 0.1) is 0 Å². The van der Waals surface area contributed by atoms with Crippen molar-refractivity contribution in [2.45, 2.75) is 30.6 Å². The van der Waals surface area contributed by atoms with Gasteiger partial charge in [0, 0.05) is 20.7 Å². The van der Waals surface area contributed by atoms with Crippen molar-refractivity contribution in [3.05, 3.63) is 17.5 Å². The van der Waals surface area contributed by atoms with Crippen LogP contribution in [0.5, 0.6) is 0 Å². The number of ether oxygens (including phenoxy) is 1. The zero-order valence-electron chi connectivity index (χ0n) is 13.3. The fourth-order valence-electron chi connectivity index (χ4n) is 2.40. The van der Waals surface area contributed by atoms with Gasteiger partial charge in [0.05, 0.1) is 23.3 Å². The molecule has 0 N–H and O–H groups in total. The normalized spacial score (nSPS) is 17.6. The monoisotopic (exact) mass is 352 g/mol. The standard InChI is InChI=1S/C15H20N4O2S2/c1-18(2)13(20)10-23-15-17-16-14(12-6-4-8-22-12)19(15)9-11-5-3-7-21-11/h4,6,8,11H,3,5,7,9-10H2,1-2H3. The molecule has 0 aliphatic carbocycles. The van der Waals surface area contributed by atoms with Gasteiger partial charge in [-0.15, -0.1) is 21.5 Å².